The number of rotatable bonds is 0. The Morgan fingerprint density at radius 2 is 2.30 bits per heavy atom. The van der Waals surface area contributed by atoms with Crippen molar-refractivity contribution in [3.05, 3.63) is 11.1 Å². The van der Waals surface area contributed by atoms with Gasteiger partial charge in [0, 0.05) is 18.7 Å². The first-order chi connectivity index (χ1) is 4.60. The minimum absolute atomic E-state index is 0.00764. The Bertz CT molecular complexity index is 242. The third kappa shape index (κ3) is 2.00. The lowest BCUT2D eigenvalue weighted by molar-refractivity contribution is 0.598. The molecule has 1 aliphatic rings. The molecule has 0 aliphatic carbocycles. The summed E-state index contributed by atoms with van der Waals surface area (Å²) in [6, 6.07) is 0. The Morgan fingerprint density at radius 3 is 3.00 bits per heavy atom. The molecule has 1 aliphatic heterocycles. The van der Waals surface area contributed by atoms with Gasteiger partial charge in [-0.1, -0.05) is 0 Å². The van der Waals surface area contributed by atoms with Gasteiger partial charge in [-0.15, -0.1) is 0 Å². The zero-order valence-corrected chi connectivity index (χ0v) is 6.32. The lowest BCUT2D eigenvalue weighted by atomic mass is 10.3. The zero-order chi connectivity index (χ0) is 7.61. The van der Waals surface area contributed by atoms with Crippen molar-refractivity contribution in [2.24, 2.45) is 5.73 Å². The van der Waals surface area contributed by atoms with E-state index in [0.717, 1.165) is 5.41 Å². The van der Waals surface area contributed by atoms with Gasteiger partial charge < -0.3 is 11.1 Å². The predicted molar refractivity (Wildman–Crippen MR) is 38.7 cm³/mol. The molecule has 0 aromatic heterocycles. The molecule has 0 unspecified atom stereocenters. The first-order valence-corrected chi connectivity index (χ1v) is 4.71. The van der Waals surface area contributed by atoms with E-state index in [2.05, 4.69) is 5.32 Å². The van der Waals surface area contributed by atoms with Crippen LogP contribution in [0.2, 0.25) is 0 Å². The molecule has 0 bridgehead atoms. The molecule has 58 valence electrons. The molecule has 0 saturated heterocycles. The van der Waals surface area contributed by atoms with Crippen molar-refractivity contribution < 1.29 is 8.42 Å². The summed E-state index contributed by atoms with van der Waals surface area (Å²) in [5, 5.41) is 3.88. The van der Waals surface area contributed by atoms with Gasteiger partial charge in [0.15, 0.2) is 9.84 Å². The predicted octanol–water partition coefficient (Wildman–Crippen LogP) is -0.848. The molecule has 1 rings (SSSR count). The Morgan fingerprint density at radius 1 is 1.60 bits per heavy atom. The maximum absolute atomic E-state index is 10.9. The summed E-state index contributed by atoms with van der Waals surface area (Å²) >= 11 is 0. The summed E-state index contributed by atoms with van der Waals surface area (Å²) in [7, 11) is -3.07. The Kier molecular flexibility index (Phi) is 1.96. The highest BCUT2D eigenvalue weighted by Crippen LogP contribution is 2.01. The van der Waals surface area contributed by atoms with Crippen molar-refractivity contribution in [2.75, 3.05) is 12.4 Å². The summed E-state index contributed by atoms with van der Waals surface area (Å²) in [4.78, 5) is 0. The van der Waals surface area contributed by atoms with Crippen LogP contribution in [-0.2, 0) is 9.84 Å². The van der Waals surface area contributed by atoms with E-state index in [1.165, 1.54) is 0 Å². The van der Waals surface area contributed by atoms with Gasteiger partial charge in [-0.3, -0.25) is 0 Å². The Balaban J connectivity index is 2.88. The van der Waals surface area contributed by atoms with Gasteiger partial charge in [-0.05, 0) is 0 Å². The highest BCUT2D eigenvalue weighted by atomic mass is 32.2. The van der Waals surface area contributed by atoms with Gasteiger partial charge >= 0.3 is 0 Å². The van der Waals surface area contributed by atoms with Crippen molar-refractivity contribution >= 4 is 9.84 Å². The van der Waals surface area contributed by atoms with Crippen molar-refractivity contribution in [1.29, 1.82) is 0 Å². The fourth-order valence-electron chi connectivity index (χ4n) is 0.778. The molecule has 0 amide bonds. The third-order valence-corrected chi connectivity index (χ3v) is 2.49. The average Bonchev–Trinajstić information content (AvgIpc) is 1.90. The van der Waals surface area contributed by atoms with Crippen LogP contribution in [0.15, 0.2) is 11.1 Å². The zero-order valence-electron chi connectivity index (χ0n) is 5.50. The minimum atomic E-state index is -3.07. The second-order valence-electron chi connectivity index (χ2n) is 2.25. The van der Waals surface area contributed by atoms with Crippen LogP contribution < -0.4 is 11.1 Å². The lowest BCUT2D eigenvalue weighted by Gasteiger charge is -1.94. The number of nitrogens with two attached hydrogens (primary N) is 1. The largest absolute Gasteiger partial charge is 0.401 e. The van der Waals surface area contributed by atoms with Gasteiger partial charge in [-0.2, -0.15) is 0 Å². The summed E-state index contributed by atoms with van der Waals surface area (Å²) in [6.07, 6.45) is 0.610. The van der Waals surface area contributed by atoms with Crippen LogP contribution in [0.3, 0.4) is 0 Å². The second kappa shape index (κ2) is 2.59. The maximum Gasteiger partial charge on any atom is 0.186 e. The van der Waals surface area contributed by atoms with Gasteiger partial charge in [0.1, 0.15) is 5.88 Å². The molecule has 1 heterocycles. The summed E-state index contributed by atoms with van der Waals surface area (Å²) < 4.78 is 21.7. The van der Waals surface area contributed by atoms with Crippen molar-refractivity contribution in [2.45, 2.75) is 6.42 Å². The molecule has 5 heteroatoms. The van der Waals surface area contributed by atoms with Gasteiger partial charge in [0.2, 0.25) is 0 Å². The van der Waals surface area contributed by atoms with Crippen molar-refractivity contribution in [3.63, 3.8) is 0 Å². The molecular weight excluding hydrogens is 152 g/mol. The van der Waals surface area contributed by atoms with Crippen LogP contribution in [0.1, 0.15) is 6.42 Å². The number of hydrogen-bond acceptors (Lipinski definition) is 4. The molecule has 0 spiro atoms. The van der Waals surface area contributed by atoms with E-state index < -0.39 is 9.84 Å². The highest BCUT2D eigenvalue weighted by Gasteiger charge is 2.10. The Labute approximate surface area is 60.0 Å². The molecule has 0 aromatic carbocycles. The monoisotopic (exact) mass is 162 g/mol. The topological polar surface area (TPSA) is 72.2 Å². The quantitative estimate of drug-likeness (QED) is 0.487. The molecule has 10 heavy (non-hydrogen) atoms. The normalized spacial score (nSPS) is 25.0. The standard InChI is InChI=1S/C5H10N2O2S/c6-5-1-2-7-4-10(8,9)3-5/h3,7H,1-2,4,6H2. The lowest BCUT2D eigenvalue weighted by Crippen LogP contribution is -2.20. The molecule has 0 saturated carbocycles. The van der Waals surface area contributed by atoms with E-state index >= 15 is 0 Å². The van der Waals surface area contributed by atoms with Crippen LogP contribution in [0, 0.1) is 0 Å². The molecule has 0 radical (unpaired) electrons. The fraction of sp³-hybridized carbons (Fsp3) is 0.600. The van der Waals surface area contributed by atoms with Gasteiger partial charge in [0.25, 0.3) is 0 Å². The molecule has 4 nitrogen and oxygen atoms in total. The van der Waals surface area contributed by atoms with Crippen LogP contribution in [0.4, 0.5) is 0 Å². The van der Waals surface area contributed by atoms with E-state index in [9.17, 15) is 8.42 Å². The van der Waals surface area contributed by atoms with E-state index in [1.54, 1.807) is 0 Å². The van der Waals surface area contributed by atoms with Crippen LogP contribution in [0.5, 0.6) is 0 Å². The average molecular weight is 162 g/mol. The number of sulfone groups is 1. The smallest absolute Gasteiger partial charge is 0.186 e. The molecule has 0 atom stereocenters. The second-order valence-corrected chi connectivity index (χ2v) is 4.10. The maximum atomic E-state index is 10.9. The Hall–Kier alpha value is -0.550. The van der Waals surface area contributed by atoms with Crippen LogP contribution in [0.25, 0.3) is 0 Å². The molecule has 0 fully saturated rings. The molecular formula is C5H10N2O2S. The number of hydrogen-bond donors (Lipinski definition) is 2. The highest BCUT2D eigenvalue weighted by molar-refractivity contribution is 7.94. The number of nitrogens with one attached hydrogen (secondary N) is 1. The summed E-state index contributed by atoms with van der Waals surface area (Å²) in [5.74, 6) is 0.00764. The van der Waals surface area contributed by atoms with Crippen LogP contribution in [-0.4, -0.2) is 20.8 Å². The molecule has 3 N–H and O–H groups in total. The minimum Gasteiger partial charge on any atom is -0.401 e. The SMILES string of the molecule is NC1=CS(=O)(=O)CNCC1. The first kappa shape index (κ1) is 7.56. The summed E-state index contributed by atoms with van der Waals surface area (Å²) in [6.45, 7) is 0.640. The molecule has 0 aromatic rings. The van der Waals surface area contributed by atoms with Crippen molar-refractivity contribution in [1.82, 2.24) is 5.32 Å². The van der Waals surface area contributed by atoms with E-state index in [-0.39, 0.29) is 5.88 Å². The third-order valence-electron chi connectivity index (χ3n) is 1.22. The first-order valence-electron chi connectivity index (χ1n) is 3.00. The van der Waals surface area contributed by atoms with E-state index in [0.29, 0.717) is 18.7 Å². The van der Waals surface area contributed by atoms with Gasteiger partial charge in [0.05, 0.1) is 5.41 Å². The fourth-order valence-corrected chi connectivity index (χ4v) is 1.87. The van der Waals surface area contributed by atoms with Gasteiger partial charge in [-0.25, -0.2) is 8.42 Å². The van der Waals surface area contributed by atoms with E-state index in [4.69, 9.17) is 5.73 Å². The van der Waals surface area contributed by atoms with E-state index in [1.807, 2.05) is 0 Å². The summed E-state index contributed by atoms with van der Waals surface area (Å²) in [5.41, 5.74) is 5.79. The van der Waals surface area contributed by atoms with Crippen molar-refractivity contribution in [3.8, 4) is 0 Å². The van der Waals surface area contributed by atoms with Crippen LogP contribution >= 0.6 is 0 Å².